The number of halogens is 2. The van der Waals surface area contributed by atoms with Gasteiger partial charge in [-0.2, -0.15) is 0 Å². The molecule has 2 aliphatic carbocycles. The number of amides is 1. The fraction of sp³-hybridized carbons (Fsp3) is 0.632. The Morgan fingerprint density at radius 1 is 1.20 bits per heavy atom. The summed E-state index contributed by atoms with van der Waals surface area (Å²) in [6, 6.07) is 10.6. The monoisotopic (exact) mass is 387 g/mol. The minimum Gasteiger partial charge on any atom is -0.356 e. The smallest absolute Gasteiger partial charge is 0.224 e. The van der Waals surface area contributed by atoms with Crippen molar-refractivity contribution in [3.05, 3.63) is 35.9 Å². The van der Waals surface area contributed by atoms with E-state index in [1.807, 2.05) is 6.07 Å². The van der Waals surface area contributed by atoms with Crippen molar-refractivity contribution < 1.29 is 4.79 Å². The van der Waals surface area contributed by atoms with Gasteiger partial charge in [0.2, 0.25) is 5.91 Å². The molecule has 2 aliphatic rings. The first-order chi connectivity index (χ1) is 11.1. The first-order valence-electron chi connectivity index (χ1n) is 8.91. The highest BCUT2D eigenvalue weighted by molar-refractivity contribution is 5.85. The van der Waals surface area contributed by atoms with Crippen LogP contribution in [-0.4, -0.2) is 37.0 Å². The van der Waals surface area contributed by atoms with Gasteiger partial charge in [-0.05, 0) is 56.7 Å². The molecule has 1 amide bonds. The molecule has 0 aliphatic heterocycles. The average molecular weight is 388 g/mol. The molecule has 1 aromatic rings. The van der Waals surface area contributed by atoms with Gasteiger partial charge >= 0.3 is 0 Å². The van der Waals surface area contributed by atoms with Crippen LogP contribution < -0.4 is 11.1 Å². The van der Waals surface area contributed by atoms with E-state index in [0.717, 1.165) is 26.1 Å². The maximum absolute atomic E-state index is 12.4. The van der Waals surface area contributed by atoms with Crippen molar-refractivity contribution in [1.29, 1.82) is 0 Å². The number of rotatable bonds is 7. The zero-order chi connectivity index (χ0) is 16.2. The summed E-state index contributed by atoms with van der Waals surface area (Å²) in [7, 11) is 2.13. The Labute approximate surface area is 163 Å². The van der Waals surface area contributed by atoms with Crippen molar-refractivity contribution >= 4 is 30.7 Å². The number of carbonyl (C=O) groups excluding carboxylic acids is 1. The van der Waals surface area contributed by atoms with Gasteiger partial charge in [0, 0.05) is 19.1 Å². The van der Waals surface area contributed by atoms with Crippen LogP contribution in [0.3, 0.4) is 0 Å². The minimum atomic E-state index is 0. The Kier molecular flexibility index (Phi) is 9.22. The number of fused-ring (bicyclic) bond motifs is 2. The van der Waals surface area contributed by atoms with Crippen LogP contribution >= 0.6 is 24.8 Å². The lowest BCUT2D eigenvalue weighted by molar-refractivity contribution is -0.127. The van der Waals surface area contributed by atoms with Crippen molar-refractivity contribution in [2.45, 2.75) is 38.3 Å². The largest absolute Gasteiger partial charge is 0.356 e. The van der Waals surface area contributed by atoms with Gasteiger partial charge in [0.25, 0.3) is 0 Å². The molecule has 0 aromatic heterocycles. The van der Waals surface area contributed by atoms with E-state index in [2.05, 4.69) is 41.5 Å². The Morgan fingerprint density at radius 3 is 2.52 bits per heavy atom. The van der Waals surface area contributed by atoms with Gasteiger partial charge < -0.3 is 16.0 Å². The lowest BCUT2D eigenvalue weighted by atomic mass is 9.84. The van der Waals surface area contributed by atoms with Crippen molar-refractivity contribution in [2.75, 3.05) is 20.1 Å². The lowest BCUT2D eigenvalue weighted by Crippen LogP contribution is -2.45. The summed E-state index contributed by atoms with van der Waals surface area (Å²) in [5, 5.41) is 3.11. The molecule has 142 valence electrons. The third-order valence-corrected chi connectivity index (χ3v) is 5.59. The fourth-order valence-corrected chi connectivity index (χ4v) is 4.38. The van der Waals surface area contributed by atoms with Crippen LogP contribution in [-0.2, 0) is 11.3 Å². The van der Waals surface area contributed by atoms with Crippen LogP contribution in [0.25, 0.3) is 0 Å². The molecule has 2 saturated carbocycles. The third-order valence-electron chi connectivity index (χ3n) is 5.59. The molecular formula is C19H31Cl2N3O. The fourth-order valence-electron chi connectivity index (χ4n) is 4.38. The quantitative estimate of drug-likeness (QED) is 0.707. The van der Waals surface area contributed by atoms with Crippen LogP contribution in [0.4, 0.5) is 0 Å². The van der Waals surface area contributed by atoms with Gasteiger partial charge in [-0.25, -0.2) is 0 Å². The second-order valence-electron chi connectivity index (χ2n) is 7.30. The number of nitrogens with two attached hydrogens (primary N) is 1. The average Bonchev–Trinajstić information content (AvgIpc) is 3.13. The number of hydrogen-bond acceptors (Lipinski definition) is 3. The van der Waals surface area contributed by atoms with Crippen LogP contribution in [0.2, 0.25) is 0 Å². The first-order valence-corrected chi connectivity index (χ1v) is 8.91. The molecule has 4 nitrogen and oxygen atoms in total. The number of nitrogens with zero attached hydrogens (tertiary/aromatic N) is 1. The molecule has 0 heterocycles. The molecule has 2 fully saturated rings. The Balaban J connectivity index is 0.00000156. The second kappa shape index (κ2) is 10.4. The minimum absolute atomic E-state index is 0. The highest BCUT2D eigenvalue weighted by Gasteiger charge is 2.48. The van der Waals surface area contributed by atoms with E-state index in [1.165, 1.54) is 24.8 Å². The maximum atomic E-state index is 12.4. The van der Waals surface area contributed by atoms with Crippen molar-refractivity contribution in [2.24, 2.45) is 23.5 Å². The molecule has 3 N–H and O–H groups in total. The molecule has 3 rings (SSSR count). The molecule has 4 atom stereocenters. The van der Waals surface area contributed by atoms with E-state index in [4.69, 9.17) is 5.73 Å². The van der Waals surface area contributed by atoms with Crippen molar-refractivity contribution in [1.82, 2.24) is 10.2 Å². The molecule has 0 radical (unpaired) electrons. The molecule has 1 aromatic carbocycles. The van der Waals surface area contributed by atoms with Crippen LogP contribution in [0.15, 0.2) is 30.3 Å². The number of hydrogen-bond donors (Lipinski definition) is 2. The Bertz CT molecular complexity index is 527. The van der Waals surface area contributed by atoms with Gasteiger partial charge in [0.1, 0.15) is 0 Å². The van der Waals surface area contributed by atoms with Gasteiger partial charge in [-0.15, -0.1) is 24.8 Å². The summed E-state index contributed by atoms with van der Waals surface area (Å²) in [6.45, 7) is 2.68. The predicted molar refractivity (Wildman–Crippen MR) is 107 cm³/mol. The van der Waals surface area contributed by atoms with Crippen LogP contribution in [0.5, 0.6) is 0 Å². The summed E-state index contributed by atoms with van der Waals surface area (Å²) < 4.78 is 0. The van der Waals surface area contributed by atoms with Crippen molar-refractivity contribution in [3.8, 4) is 0 Å². The van der Waals surface area contributed by atoms with Gasteiger partial charge in [0.15, 0.2) is 0 Å². The van der Waals surface area contributed by atoms with Crippen LogP contribution in [0.1, 0.15) is 31.2 Å². The van der Waals surface area contributed by atoms with E-state index in [-0.39, 0.29) is 42.7 Å². The van der Waals surface area contributed by atoms with Crippen molar-refractivity contribution in [3.63, 3.8) is 0 Å². The van der Waals surface area contributed by atoms with E-state index in [0.29, 0.717) is 11.8 Å². The summed E-state index contributed by atoms with van der Waals surface area (Å²) in [6.07, 6.45) is 4.56. The molecular weight excluding hydrogens is 357 g/mol. The van der Waals surface area contributed by atoms with E-state index >= 15 is 0 Å². The standard InChI is InChI=1S/C19H29N3O.2ClH/c1-22(13-14-6-3-2-4-7-14)11-5-10-21-19(23)17-15-8-9-16(12-15)18(17)20;;/h2-4,6-7,15-18H,5,8-13,20H2,1H3,(H,21,23);2*1H. The topological polar surface area (TPSA) is 58.4 Å². The molecule has 2 bridgehead atoms. The number of carbonyl (C=O) groups is 1. The zero-order valence-corrected chi connectivity index (χ0v) is 16.5. The Hall–Kier alpha value is -0.810. The summed E-state index contributed by atoms with van der Waals surface area (Å²) in [5.74, 6) is 1.38. The summed E-state index contributed by atoms with van der Waals surface area (Å²) in [4.78, 5) is 14.7. The highest BCUT2D eigenvalue weighted by Crippen LogP contribution is 2.47. The number of benzene rings is 1. The maximum Gasteiger partial charge on any atom is 0.224 e. The highest BCUT2D eigenvalue weighted by atomic mass is 35.5. The SMILES string of the molecule is CN(CCCNC(=O)C1C2CCC(C2)C1N)Cc1ccccc1.Cl.Cl. The molecule has 4 unspecified atom stereocenters. The predicted octanol–water partition coefficient (Wildman–Crippen LogP) is 2.84. The lowest BCUT2D eigenvalue weighted by Gasteiger charge is -2.27. The van der Waals surface area contributed by atoms with E-state index in [1.54, 1.807) is 0 Å². The van der Waals surface area contributed by atoms with Gasteiger partial charge in [-0.1, -0.05) is 30.3 Å². The number of nitrogens with one attached hydrogen (secondary N) is 1. The molecule has 25 heavy (non-hydrogen) atoms. The zero-order valence-electron chi connectivity index (χ0n) is 14.9. The normalized spacial score (nSPS) is 26.8. The van der Waals surface area contributed by atoms with E-state index in [9.17, 15) is 4.79 Å². The third kappa shape index (κ3) is 5.58. The summed E-state index contributed by atoms with van der Waals surface area (Å²) in [5.41, 5.74) is 7.56. The molecule has 0 saturated heterocycles. The van der Waals surface area contributed by atoms with Crippen LogP contribution in [0, 0.1) is 17.8 Å². The summed E-state index contributed by atoms with van der Waals surface area (Å²) >= 11 is 0. The first kappa shape index (κ1) is 22.2. The Morgan fingerprint density at radius 2 is 1.88 bits per heavy atom. The van der Waals surface area contributed by atoms with E-state index < -0.39 is 0 Å². The van der Waals surface area contributed by atoms with Gasteiger partial charge in [-0.3, -0.25) is 4.79 Å². The van der Waals surface area contributed by atoms with Gasteiger partial charge in [0.05, 0.1) is 5.92 Å². The second-order valence-corrected chi connectivity index (χ2v) is 7.30. The molecule has 0 spiro atoms. The molecule has 6 heteroatoms.